The number of carbonyl (C=O) groups is 1. The van der Waals surface area contributed by atoms with Gasteiger partial charge in [0, 0.05) is 25.0 Å². The highest BCUT2D eigenvalue weighted by Crippen LogP contribution is 2.30. The zero-order valence-electron chi connectivity index (χ0n) is 14.0. The van der Waals surface area contributed by atoms with Crippen molar-refractivity contribution in [3.8, 4) is 11.5 Å². The van der Waals surface area contributed by atoms with Crippen molar-refractivity contribution < 1.29 is 14.3 Å². The fourth-order valence-electron chi connectivity index (χ4n) is 3.81. The molecule has 0 aliphatic carbocycles. The van der Waals surface area contributed by atoms with E-state index >= 15 is 0 Å². The maximum Gasteiger partial charge on any atom is 0.223 e. The van der Waals surface area contributed by atoms with Gasteiger partial charge in [0.15, 0.2) is 11.5 Å². The number of amides is 1. The molecule has 2 saturated heterocycles. The summed E-state index contributed by atoms with van der Waals surface area (Å²) in [6, 6.07) is 6.70. The van der Waals surface area contributed by atoms with E-state index in [0.717, 1.165) is 55.8 Å². The molecule has 2 fully saturated rings. The van der Waals surface area contributed by atoms with Crippen molar-refractivity contribution in [3.05, 3.63) is 23.8 Å². The van der Waals surface area contributed by atoms with E-state index < -0.39 is 0 Å². The van der Waals surface area contributed by atoms with E-state index in [1.165, 1.54) is 0 Å². The van der Waals surface area contributed by atoms with E-state index in [-0.39, 0.29) is 5.91 Å². The lowest BCUT2D eigenvalue weighted by Gasteiger charge is -2.28. The topological polar surface area (TPSA) is 50.8 Å². The smallest absolute Gasteiger partial charge is 0.223 e. The fourth-order valence-corrected chi connectivity index (χ4v) is 3.81. The maximum atomic E-state index is 12.7. The minimum atomic E-state index is 0.288. The maximum absolute atomic E-state index is 12.7. The van der Waals surface area contributed by atoms with Crippen LogP contribution in [0.3, 0.4) is 0 Å². The van der Waals surface area contributed by atoms with Crippen LogP contribution in [0.1, 0.15) is 31.2 Å². The number of nitrogens with zero attached hydrogens (tertiary/aromatic N) is 1. The minimum absolute atomic E-state index is 0.288. The standard InChI is InChI=1S/C18H26N2O3/c1-22-16-7-3-13(11-17(16)23-2)4-8-18(21)20-14-5-6-15(20)12-19-10-9-14/h3,7,11,14-15,19H,4-6,8-10,12H2,1-2H3. The van der Waals surface area contributed by atoms with Gasteiger partial charge in [0.25, 0.3) is 0 Å². The molecule has 2 aliphatic heterocycles. The number of carbonyl (C=O) groups excluding carboxylic acids is 1. The van der Waals surface area contributed by atoms with Gasteiger partial charge < -0.3 is 19.7 Å². The van der Waals surface area contributed by atoms with Gasteiger partial charge in [0.1, 0.15) is 0 Å². The lowest BCUT2D eigenvalue weighted by atomic mass is 10.1. The number of benzene rings is 1. The summed E-state index contributed by atoms with van der Waals surface area (Å²) in [6.45, 7) is 1.97. The molecule has 0 radical (unpaired) electrons. The molecule has 5 nitrogen and oxygen atoms in total. The Labute approximate surface area is 137 Å². The number of hydrogen-bond acceptors (Lipinski definition) is 4. The average Bonchev–Trinajstić information content (AvgIpc) is 2.85. The van der Waals surface area contributed by atoms with Gasteiger partial charge in [0.05, 0.1) is 14.2 Å². The monoisotopic (exact) mass is 318 g/mol. The Hall–Kier alpha value is -1.75. The van der Waals surface area contributed by atoms with Crippen molar-refractivity contribution in [2.24, 2.45) is 0 Å². The second kappa shape index (κ2) is 7.21. The minimum Gasteiger partial charge on any atom is -0.493 e. The van der Waals surface area contributed by atoms with Gasteiger partial charge in [-0.2, -0.15) is 0 Å². The summed E-state index contributed by atoms with van der Waals surface area (Å²) in [4.78, 5) is 14.9. The number of rotatable bonds is 5. The number of aryl methyl sites for hydroxylation is 1. The third-order valence-corrected chi connectivity index (χ3v) is 5.02. The number of nitrogens with one attached hydrogen (secondary N) is 1. The Morgan fingerprint density at radius 2 is 1.96 bits per heavy atom. The van der Waals surface area contributed by atoms with Crippen LogP contribution in [0.5, 0.6) is 11.5 Å². The molecule has 2 atom stereocenters. The van der Waals surface area contributed by atoms with Gasteiger partial charge in [-0.1, -0.05) is 6.07 Å². The first kappa shape index (κ1) is 16.1. The molecule has 23 heavy (non-hydrogen) atoms. The number of hydrogen-bond donors (Lipinski definition) is 1. The van der Waals surface area contributed by atoms with Crippen LogP contribution in [0.25, 0.3) is 0 Å². The summed E-state index contributed by atoms with van der Waals surface area (Å²) in [5.41, 5.74) is 1.11. The molecule has 2 unspecified atom stereocenters. The zero-order valence-corrected chi connectivity index (χ0v) is 14.0. The lowest BCUT2D eigenvalue weighted by Crippen LogP contribution is -2.42. The van der Waals surface area contributed by atoms with Crippen LogP contribution < -0.4 is 14.8 Å². The summed E-state index contributed by atoms with van der Waals surface area (Å²) in [7, 11) is 3.26. The van der Waals surface area contributed by atoms with Crippen LogP contribution in [0, 0.1) is 0 Å². The molecule has 1 aromatic carbocycles. The number of methoxy groups -OCH3 is 2. The Kier molecular flexibility index (Phi) is 5.06. The fraction of sp³-hybridized carbons (Fsp3) is 0.611. The molecule has 2 bridgehead atoms. The first-order chi connectivity index (χ1) is 11.2. The van der Waals surface area contributed by atoms with Crippen molar-refractivity contribution in [3.63, 3.8) is 0 Å². The number of fused-ring (bicyclic) bond motifs is 2. The molecule has 0 saturated carbocycles. The highest BCUT2D eigenvalue weighted by atomic mass is 16.5. The Morgan fingerprint density at radius 3 is 2.74 bits per heavy atom. The van der Waals surface area contributed by atoms with Crippen molar-refractivity contribution in [2.75, 3.05) is 27.3 Å². The van der Waals surface area contributed by atoms with Crippen molar-refractivity contribution >= 4 is 5.91 Å². The van der Waals surface area contributed by atoms with Crippen molar-refractivity contribution in [2.45, 2.75) is 44.2 Å². The second-order valence-corrected chi connectivity index (χ2v) is 6.37. The van der Waals surface area contributed by atoms with Gasteiger partial charge in [-0.05, 0) is 49.9 Å². The van der Waals surface area contributed by atoms with Crippen LogP contribution in [0.15, 0.2) is 18.2 Å². The molecule has 126 valence electrons. The molecule has 1 aromatic rings. The third-order valence-electron chi connectivity index (χ3n) is 5.02. The van der Waals surface area contributed by atoms with Gasteiger partial charge in [-0.15, -0.1) is 0 Å². The summed E-state index contributed by atoms with van der Waals surface area (Å²) in [6.07, 6.45) is 4.68. The molecular formula is C18H26N2O3. The van der Waals surface area contributed by atoms with Gasteiger partial charge in [-0.25, -0.2) is 0 Å². The molecule has 3 rings (SSSR count). The summed E-state index contributed by atoms with van der Waals surface area (Å²) < 4.78 is 10.6. The Bertz CT molecular complexity index is 547. The molecular weight excluding hydrogens is 292 g/mol. The quantitative estimate of drug-likeness (QED) is 0.902. The molecule has 1 amide bonds. The Balaban J connectivity index is 1.63. The molecule has 1 N–H and O–H groups in total. The zero-order chi connectivity index (χ0) is 16.2. The first-order valence-corrected chi connectivity index (χ1v) is 8.45. The van der Waals surface area contributed by atoms with Gasteiger partial charge in [-0.3, -0.25) is 4.79 Å². The summed E-state index contributed by atoms with van der Waals surface area (Å²) in [5, 5.41) is 3.44. The van der Waals surface area contributed by atoms with E-state index in [9.17, 15) is 4.79 Å². The van der Waals surface area contributed by atoms with Gasteiger partial charge >= 0.3 is 0 Å². The largest absolute Gasteiger partial charge is 0.493 e. The van der Waals surface area contributed by atoms with E-state index in [4.69, 9.17) is 9.47 Å². The van der Waals surface area contributed by atoms with E-state index in [2.05, 4.69) is 10.2 Å². The van der Waals surface area contributed by atoms with Crippen LogP contribution in [-0.2, 0) is 11.2 Å². The summed E-state index contributed by atoms with van der Waals surface area (Å²) in [5.74, 6) is 1.73. The molecule has 0 spiro atoms. The van der Waals surface area contributed by atoms with Crippen LogP contribution >= 0.6 is 0 Å². The van der Waals surface area contributed by atoms with Crippen LogP contribution in [0.2, 0.25) is 0 Å². The Morgan fingerprint density at radius 1 is 1.17 bits per heavy atom. The second-order valence-electron chi connectivity index (χ2n) is 6.37. The molecule has 2 aliphatic rings. The molecule has 5 heteroatoms. The number of ether oxygens (including phenoxy) is 2. The van der Waals surface area contributed by atoms with Crippen LogP contribution in [-0.4, -0.2) is 50.2 Å². The van der Waals surface area contributed by atoms with Crippen LogP contribution in [0.4, 0.5) is 0 Å². The summed E-state index contributed by atoms with van der Waals surface area (Å²) >= 11 is 0. The highest BCUT2D eigenvalue weighted by Gasteiger charge is 2.37. The average molecular weight is 318 g/mol. The molecule has 0 aromatic heterocycles. The van der Waals surface area contributed by atoms with Gasteiger partial charge in [0.2, 0.25) is 5.91 Å². The normalized spacial score (nSPS) is 23.5. The predicted octanol–water partition coefficient (Wildman–Crippen LogP) is 1.99. The lowest BCUT2D eigenvalue weighted by molar-refractivity contribution is -0.133. The third kappa shape index (κ3) is 3.44. The predicted molar refractivity (Wildman–Crippen MR) is 89.0 cm³/mol. The van der Waals surface area contributed by atoms with E-state index in [1.54, 1.807) is 14.2 Å². The van der Waals surface area contributed by atoms with E-state index in [1.807, 2.05) is 18.2 Å². The SMILES string of the molecule is COc1ccc(CCC(=O)N2C3CCNCC2CC3)cc1OC. The first-order valence-electron chi connectivity index (χ1n) is 8.45. The molecule has 2 heterocycles. The highest BCUT2D eigenvalue weighted by molar-refractivity contribution is 5.77. The van der Waals surface area contributed by atoms with E-state index in [0.29, 0.717) is 18.5 Å². The van der Waals surface area contributed by atoms with Crippen molar-refractivity contribution in [1.82, 2.24) is 10.2 Å². The van der Waals surface area contributed by atoms with Crippen molar-refractivity contribution in [1.29, 1.82) is 0 Å².